The van der Waals surface area contributed by atoms with Crippen molar-refractivity contribution in [3.63, 3.8) is 0 Å². The molecule has 2 heterocycles. The number of nitrogens with one attached hydrogen (secondary N) is 1. The number of amides is 1. The van der Waals surface area contributed by atoms with Gasteiger partial charge in [0.25, 0.3) is 5.91 Å². The molecular formula is C30H34ClN5O. The van der Waals surface area contributed by atoms with Crippen molar-refractivity contribution in [2.24, 2.45) is 18.9 Å². The number of hydrogen-bond donors (Lipinski definition) is 1. The van der Waals surface area contributed by atoms with Gasteiger partial charge < -0.3 is 14.8 Å². The summed E-state index contributed by atoms with van der Waals surface area (Å²) in [6.45, 7) is 7.65. The van der Waals surface area contributed by atoms with Crippen molar-refractivity contribution in [1.29, 1.82) is 0 Å². The first-order chi connectivity index (χ1) is 17.9. The van der Waals surface area contributed by atoms with Crippen LogP contribution in [0.4, 0.5) is 5.69 Å². The van der Waals surface area contributed by atoms with Crippen LogP contribution >= 0.6 is 11.6 Å². The van der Waals surface area contributed by atoms with Gasteiger partial charge in [-0.25, -0.2) is 0 Å². The van der Waals surface area contributed by atoms with Crippen LogP contribution in [0.5, 0.6) is 0 Å². The molecule has 0 bridgehead atoms. The molecule has 0 spiro atoms. The summed E-state index contributed by atoms with van der Waals surface area (Å²) in [6.07, 6.45) is 9.60. The van der Waals surface area contributed by atoms with Crippen LogP contribution in [0.1, 0.15) is 77.9 Å². The number of fused-ring (bicyclic) bond motifs is 1. The zero-order chi connectivity index (χ0) is 25.7. The van der Waals surface area contributed by atoms with Gasteiger partial charge in [-0.3, -0.25) is 4.79 Å². The molecule has 1 N–H and O–H groups in total. The molecule has 1 aromatic heterocycles. The van der Waals surface area contributed by atoms with Crippen LogP contribution in [0, 0.1) is 11.8 Å². The van der Waals surface area contributed by atoms with E-state index in [4.69, 9.17) is 11.6 Å². The van der Waals surface area contributed by atoms with Gasteiger partial charge in [0.2, 0.25) is 0 Å². The van der Waals surface area contributed by atoms with Gasteiger partial charge in [-0.15, -0.1) is 16.8 Å². The molecule has 2 aromatic carbocycles. The minimum atomic E-state index is -0.234. The molecule has 3 aliphatic rings. The minimum Gasteiger partial charge on any atom is -0.320 e. The van der Waals surface area contributed by atoms with E-state index in [0.29, 0.717) is 23.0 Å². The minimum absolute atomic E-state index is 0.00683. The number of aromatic nitrogens is 3. The van der Waals surface area contributed by atoms with Crippen LogP contribution in [0.3, 0.4) is 0 Å². The van der Waals surface area contributed by atoms with Gasteiger partial charge >= 0.3 is 0 Å². The molecular weight excluding hydrogens is 482 g/mol. The zero-order valence-corrected chi connectivity index (χ0v) is 22.3. The summed E-state index contributed by atoms with van der Waals surface area (Å²) >= 11 is 6.76. The highest BCUT2D eigenvalue weighted by atomic mass is 35.5. The second-order valence-electron chi connectivity index (χ2n) is 11.1. The molecule has 7 heteroatoms. The van der Waals surface area contributed by atoms with E-state index in [9.17, 15) is 4.79 Å². The monoisotopic (exact) mass is 515 g/mol. The van der Waals surface area contributed by atoms with Crippen molar-refractivity contribution in [3.8, 4) is 0 Å². The van der Waals surface area contributed by atoms with Gasteiger partial charge in [0.15, 0.2) is 0 Å². The fraction of sp³-hybridized carbons (Fsp3) is 0.433. The zero-order valence-electron chi connectivity index (χ0n) is 21.6. The van der Waals surface area contributed by atoms with E-state index < -0.39 is 0 Å². The average molecular weight is 516 g/mol. The van der Waals surface area contributed by atoms with E-state index >= 15 is 0 Å². The summed E-state index contributed by atoms with van der Waals surface area (Å²) in [5.74, 6) is 2.18. The van der Waals surface area contributed by atoms with E-state index in [1.165, 1.54) is 19.3 Å². The highest BCUT2D eigenvalue weighted by Gasteiger charge is 2.49. The molecule has 0 radical (unpaired) electrons. The van der Waals surface area contributed by atoms with Crippen molar-refractivity contribution < 1.29 is 4.79 Å². The molecule has 0 saturated heterocycles. The van der Waals surface area contributed by atoms with Gasteiger partial charge in [-0.2, -0.15) is 0 Å². The third-order valence-corrected chi connectivity index (χ3v) is 9.19. The Bertz CT molecular complexity index is 1350. The smallest absolute Gasteiger partial charge is 0.258 e. The first kappa shape index (κ1) is 24.4. The van der Waals surface area contributed by atoms with Crippen molar-refractivity contribution >= 4 is 23.2 Å². The maximum atomic E-state index is 13.7. The second kappa shape index (κ2) is 9.41. The van der Waals surface area contributed by atoms with Crippen LogP contribution in [-0.2, 0) is 19.0 Å². The first-order valence-corrected chi connectivity index (χ1v) is 13.7. The molecule has 37 heavy (non-hydrogen) atoms. The normalized spacial score (nSPS) is 23.9. The van der Waals surface area contributed by atoms with Crippen molar-refractivity contribution in [3.05, 3.63) is 88.5 Å². The third-order valence-electron chi connectivity index (χ3n) is 8.85. The second-order valence-corrected chi connectivity index (χ2v) is 11.6. The average Bonchev–Trinajstić information content (AvgIpc) is 3.42. The number of carbonyl (C=O) groups is 1. The summed E-state index contributed by atoms with van der Waals surface area (Å²) < 4.78 is 2.00. The standard InChI is InChI=1S/C30H34ClN5O/c1-4-20-14-30(15-20,29-34-33-18-35(29)3)23-9-6-10-24(13-23)36-17-26-25(28(36)37)11-22(12-27(26)31)19(2)32-16-21-7-5-8-21/h4,6,9-13,18-21,32H,1,5,7-8,14-17H2,2-3H3/t19-,20?,30?/m0/s1. The molecule has 0 unspecified atom stereocenters. The maximum absolute atomic E-state index is 13.7. The molecule has 1 aliphatic heterocycles. The van der Waals surface area contributed by atoms with E-state index in [1.807, 2.05) is 46.9 Å². The Morgan fingerprint density at radius 3 is 2.76 bits per heavy atom. The topological polar surface area (TPSA) is 63.1 Å². The van der Waals surface area contributed by atoms with Gasteiger partial charge in [0, 0.05) is 34.9 Å². The Balaban J connectivity index is 1.28. The molecule has 1 amide bonds. The largest absolute Gasteiger partial charge is 0.320 e. The summed E-state index contributed by atoms with van der Waals surface area (Å²) in [7, 11) is 1.99. The van der Waals surface area contributed by atoms with Crippen molar-refractivity contribution in [2.75, 3.05) is 11.4 Å². The van der Waals surface area contributed by atoms with Gasteiger partial charge in [0.1, 0.15) is 12.2 Å². The van der Waals surface area contributed by atoms with Crippen LogP contribution < -0.4 is 10.2 Å². The number of hydrogen-bond acceptors (Lipinski definition) is 4. The molecule has 2 fully saturated rings. The SMILES string of the molecule is C=CC1CC(c2cccc(N3Cc4c(Cl)cc([C@H](C)NCC5CCC5)cc4C3=O)c2)(c2nncn2C)C1. The van der Waals surface area contributed by atoms with Crippen LogP contribution in [-0.4, -0.2) is 27.2 Å². The number of anilines is 1. The molecule has 2 aliphatic carbocycles. The van der Waals surface area contributed by atoms with Gasteiger partial charge in [-0.05, 0) is 86.4 Å². The van der Waals surface area contributed by atoms with Gasteiger partial charge in [0.05, 0.1) is 12.0 Å². The third kappa shape index (κ3) is 4.11. The Hall–Kier alpha value is -2.96. The fourth-order valence-electron chi connectivity index (χ4n) is 6.24. The lowest BCUT2D eigenvalue weighted by Gasteiger charge is -2.46. The lowest BCUT2D eigenvalue weighted by atomic mass is 9.58. The lowest BCUT2D eigenvalue weighted by molar-refractivity contribution is 0.0996. The fourth-order valence-corrected chi connectivity index (χ4v) is 6.53. The summed E-state index contributed by atoms with van der Waals surface area (Å²) in [6, 6.07) is 12.6. The van der Waals surface area contributed by atoms with E-state index in [0.717, 1.165) is 53.5 Å². The van der Waals surface area contributed by atoms with E-state index in [-0.39, 0.29) is 17.4 Å². The first-order valence-electron chi connectivity index (χ1n) is 13.3. The molecule has 2 saturated carbocycles. The number of benzene rings is 2. The Kier molecular flexibility index (Phi) is 6.20. The maximum Gasteiger partial charge on any atom is 0.258 e. The predicted molar refractivity (Wildman–Crippen MR) is 147 cm³/mol. The van der Waals surface area contributed by atoms with Crippen molar-refractivity contribution in [2.45, 2.75) is 57.0 Å². The lowest BCUT2D eigenvalue weighted by Crippen LogP contribution is -2.43. The summed E-state index contributed by atoms with van der Waals surface area (Å²) in [5.41, 5.74) is 4.49. The van der Waals surface area contributed by atoms with Crippen molar-refractivity contribution in [1.82, 2.24) is 20.1 Å². The molecule has 1 atom stereocenters. The number of aryl methyl sites for hydroxylation is 1. The molecule has 3 aromatic rings. The van der Waals surface area contributed by atoms with Crippen LogP contribution in [0.2, 0.25) is 5.02 Å². The Labute approximate surface area is 223 Å². The highest BCUT2D eigenvalue weighted by molar-refractivity contribution is 6.32. The predicted octanol–water partition coefficient (Wildman–Crippen LogP) is 5.96. The van der Waals surface area contributed by atoms with E-state index in [1.54, 1.807) is 6.33 Å². The Morgan fingerprint density at radius 1 is 1.27 bits per heavy atom. The van der Waals surface area contributed by atoms with Gasteiger partial charge in [-0.1, -0.05) is 36.2 Å². The number of allylic oxidation sites excluding steroid dienone is 1. The molecule has 6 rings (SSSR count). The number of nitrogens with zero attached hydrogens (tertiary/aromatic N) is 4. The number of rotatable bonds is 8. The number of halogens is 1. The van der Waals surface area contributed by atoms with E-state index in [2.05, 4.69) is 41.1 Å². The number of carbonyl (C=O) groups excluding carboxylic acids is 1. The molecule has 192 valence electrons. The summed E-state index contributed by atoms with van der Waals surface area (Å²) in [5, 5.41) is 12.9. The van der Waals surface area contributed by atoms with Crippen LogP contribution in [0.25, 0.3) is 0 Å². The highest BCUT2D eigenvalue weighted by Crippen LogP contribution is 2.52. The Morgan fingerprint density at radius 2 is 2.08 bits per heavy atom. The summed E-state index contributed by atoms with van der Waals surface area (Å²) in [4.78, 5) is 15.5. The van der Waals surface area contributed by atoms with Crippen LogP contribution in [0.15, 0.2) is 55.4 Å². The molecule has 6 nitrogen and oxygen atoms in total. The quantitative estimate of drug-likeness (QED) is 0.376.